The van der Waals surface area contributed by atoms with Gasteiger partial charge in [-0.2, -0.15) is 0 Å². The molecule has 0 aliphatic carbocycles. The number of hydrogen-bond donors (Lipinski definition) is 2. The molecule has 1 atom stereocenters. The number of amides is 2. The van der Waals surface area contributed by atoms with Crippen LogP contribution in [0, 0.1) is 0 Å². The summed E-state index contributed by atoms with van der Waals surface area (Å²) >= 11 is 0. The highest BCUT2D eigenvalue weighted by molar-refractivity contribution is 5.93. The van der Waals surface area contributed by atoms with Crippen LogP contribution in [-0.2, 0) is 9.53 Å². The van der Waals surface area contributed by atoms with Crippen molar-refractivity contribution in [1.82, 2.24) is 10.6 Å². The molecule has 0 spiro atoms. The van der Waals surface area contributed by atoms with Crippen LogP contribution < -0.4 is 10.6 Å². The van der Waals surface area contributed by atoms with Crippen LogP contribution in [-0.4, -0.2) is 29.2 Å². The SMILES string of the molecule is CC(C)(C)OC(=O)NC1C(=O)NC1(C)C. The lowest BCUT2D eigenvalue weighted by atomic mass is 9.86. The molecule has 86 valence electrons. The number of hydrogen-bond acceptors (Lipinski definition) is 3. The molecule has 0 bridgehead atoms. The van der Waals surface area contributed by atoms with E-state index < -0.39 is 23.3 Å². The first kappa shape index (κ1) is 11.8. The molecule has 1 heterocycles. The molecular weight excluding hydrogens is 196 g/mol. The fraction of sp³-hybridized carbons (Fsp3) is 0.800. The van der Waals surface area contributed by atoms with Gasteiger partial charge in [-0.1, -0.05) is 0 Å². The zero-order chi connectivity index (χ0) is 11.9. The molecule has 0 aromatic heterocycles. The van der Waals surface area contributed by atoms with E-state index in [0.29, 0.717) is 0 Å². The van der Waals surface area contributed by atoms with Crippen LogP contribution in [0.1, 0.15) is 34.6 Å². The van der Waals surface area contributed by atoms with Crippen molar-refractivity contribution in [3.05, 3.63) is 0 Å². The van der Waals surface area contributed by atoms with Crippen molar-refractivity contribution in [2.24, 2.45) is 0 Å². The second-order valence-electron chi connectivity index (χ2n) is 5.29. The van der Waals surface area contributed by atoms with E-state index in [4.69, 9.17) is 4.74 Å². The summed E-state index contributed by atoms with van der Waals surface area (Å²) in [7, 11) is 0. The zero-order valence-corrected chi connectivity index (χ0v) is 9.80. The monoisotopic (exact) mass is 214 g/mol. The standard InChI is InChI=1S/C10H18N2O3/c1-9(2,3)15-8(14)11-6-7(13)12-10(6,4)5/h6H,1-5H3,(H,11,14)(H,12,13). The van der Waals surface area contributed by atoms with Crippen molar-refractivity contribution < 1.29 is 14.3 Å². The molecule has 5 heteroatoms. The van der Waals surface area contributed by atoms with E-state index in [1.165, 1.54) is 0 Å². The van der Waals surface area contributed by atoms with Crippen LogP contribution >= 0.6 is 0 Å². The summed E-state index contributed by atoms with van der Waals surface area (Å²) in [4.78, 5) is 22.5. The van der Waals surface area contributed by atoms with Gasteiger partial charge in [0, 0.05) is 0 Å². The molecule has 15 heavy (non-hydrogen) atoms. The van der Waals surface area contributed by atoms with Gasteiger partial charge in [-0.05, 0) is 34.6 Å². The van der Waals surface area contributed by atoms with Crippen molar-refractivity contribution in [2.45, 2.75) is 51.8 Å². The molecule has 1 aliphatic rings. The van der Waals surface area contributed by atoms with Gasteiger partial charge < -0.3 is 15.4 Å². The third-order valence-electron chi connectivity index (χ3n) is 2.09. The quantitative estimate of drug-likeness (QED) is 0.634. The third kappa shape index (κ3) is 2.84. The second kappa shape index (κ2) is 3.40. The summed E-state index contributed by atoms with van der Waals surface area (Å²) in [6.45, 7) is 9.02. The van der Waals surface area contributed by atoms with E-state index in [1.807, 2.05) is 13.8 Å². The van der Waals surface area contributed by atoms with Gasteiger partial charge in [0.15, 0.2) is 0 Å². The molecular formula is C10H18N2O3. The van der Waals surface area contributed by atoms with Gasteiger partial charge in [-0.3, -0.25) is 4.79 Å². The Bertz CT molecular complexity index is 292. The number of β-lactam (4-membered cyclic amide) rings is 1. The maximum atomic E-state index is 11.4. The number of carbonyl (C=O) groups is 2. The average molecular weight is 214 g/mol. The first-order valence-electron chi connectivity index (χ1n) is 4.93. The minimum Gasteiger partial charge on any atom is -0.444 e. The first-order chi connectivity index (χ1) is 6.62. The van der Waals surface area contributed by atoms with Crippen molar-refractivity contribution in [3.8, 4) is 0 Å². The summed E-state index contributed by atoms with van der Waals surface area (Å²) < 4.78 is 5.06. The van der Waals surface area contributed by atoms with E-state index in [0.717, 1.165) is 0 Å². The number of alkyl carbamates (subject to hydrolysis) is 1. The highest BCUT2D eigenvalue weighted by Gasteiger charge is 2.47. The Morgan fingerprint density at radius 2 is 2.00 bits per heavy atom. The molecule has 0 radical (unpaired) electrons. The molecule has 0 aromatic rings. The zero-order valence-electron chi connectivity index (χ0n) is 9.80. The molecule has 2 N–H and O–H groups in total. The summed E-state index contributed by atoms with van der Waals surface area (Å²) in [5.74, 6) is -0.175. The van der Waals surface area contributed by atoms with Gasteiger partial charge >= 0.3 is 6.09 Å². The van der Waals surface area contributed by atoms with Crippen LogP contribution in [0.4, 0.5) is 4.79 Å². The van der Waals surface area contributed by atoms with Crippen LogP contribution in [0.5, 0.6) is 0 Å². The van der Waals surface area contributed by atoms with Gasteiger partial charge in [0.05, 0.1) is 5.54 Å². The molecule has 1 saturated heterocycles. The Hall–Kier alpha value is -1.26. The topological polar surface area (TPSA) is 67.4 Å². The summed E-state index contributed by atoms with van der Waals surface area (Å²) in [5, 5.41) is 5.23. The van der Waals surface area contributed by atoms with E-state index in [1.54, 1.807) is 20.8 Å². The summed E-state index contributed by atoms with van der Waals surface area (Å²) in [5.41, 5.74) is -0.942. The second-order valence-corrected chi connectivity index (χ2v) is 5.29. The van der Waals surface area contributed by atoms with Gasteiger partial charge in [0.2, 0.25) is 5.91 Å². The molecule has 1 rings (SSSR count). The maximum absolute atomic E-state index is 11.4. The molecule has 5 nitrogen and oxygen atoms in total. The lowest BCUT2D eigenvalue weighted by molar-refractivity contribution is -0.135. The van der Waals surface area contributed by atoms with E-state index in [2.05, 4.69) is 10.6 Å². The fourth-order valence-corrected chi connectivity index (χ4v) is 1.38. The molecule has 2 amide bonds. The van der Waals surface area contributed by atoms with Crippen molar-refractivity contribution >= 4 is 12.0 Å². The van der Waals surface area contributed by atoms with Gasteiger partial charge in [-0.25, -0.2) is 4.79 Å². The first-order valence-corrected chi connectivity index (χ1v) is 4.93. The number of rotatable bonds is 1. The molecule has 1 fully saturated rings. The Labute approximate surface area is 89.6 Å². The number of nitrogens with one attached hydrogen (secondary N) is 2. The highest BCUT2D eigenvalue weighted by Crippen LogP contribution is 2.19. The smallest absolute Gasteiger partial charge is 0.408 e. The predicted molar refractivity (Wildman–Crippen MR) is 55.4 cm³/mol. The molecule has 0 aromatic carbocycles. The van der Waals surface area contributed by atoms with E-state index in [-0.39, 0.29) is 5.91 Å². The van der Waals surface area contributed by atoms with Crippen molar-refractivity contribution in [1.29, 1.82) is 0 Å². The van der Waals surface area contributed by atoms with Gasteiger partial charge in [-0.15, -0.1) is 0 Å². The highest BCUT2D eigenvalue weighted by atomic mass is 16.6. The average Bonchev–Trinajstić information content (AvgIpc) is 1.96. The minimum absolute atomic E-state index is 0.175. The minimum atomic E-state index is -0.560. The normalized spacial score (nSPS) is 23.8. The van der Waals surface area contributed by atoms with Crippen molar-refractivity contribution in [3.63, 3.8) is 0 Å². The predicted octanol–water partition coefficient (Wildman–Crippen LogP) is 0.788. The lowest BCUT2D eigenvalue weighted by Crippen LogP contribution is -2.75. The maximum Gasteiger partial charge on any atom is 0.408 e. The molecule has 1 aliphatic heterocycles. The van der Waals surface area contributed by atoms with Gasteiger partial charge in [0.25, 0.3) is 0 Å². The lowest BCUT2D eigenvalue weighted by Gasteiger charge is -2.44. The van der Waals surface area contributed by atoms with Crippen LogP contribution in [0.2, 0.25) is 0 Å². The Morgan fingerprint density at radius 3 is 2.33 bits per heavy atom. The fourth-order valence-electron chi connectivity index (χ4n) is 1.38. The summed E-state index contributed by atoms with van der Waals surface area (Å²) in [6.07, 6.45) is -0.560. The Balaban J connectivity index is 2.49. The molecule has 1 unspecified atom stereocenters. The van der Waals surface area contributed by atoms with Crippen LogP contribution in [0.15, 0.2) is 0 Å². The van der Waals surface area contributed by atoms with E-state index >= 15 is 0 Å². The Morgan fingerprint density at radius 1 is 1.47 bits per heavy atom. The molecule has 0 saturated carbocycles. The number of ether oxygens (including phenoxy) is 1. The Kier molecular flexibility index (Phi) is 2.67. The summed E-state index contributed by atoms with van der Waals surface area (Å²) in [6, 6.07) is -0.507. The third-order valence-corrected chi connectivity index (χ3v) is 2.09. The van der Waals surface area contributed by atoms with Gasteiger partial charge in [0.1, 0.15) is 11.6 Å². The van der Waals surface area contributed by atoms with Crippen LogP contribution in [0.3, 0.4) is 0 Å². The van der Waals surface area contributed by atoms with Crippen LogP contribution in [0.25, 0.3) is 0 Å². The largest absolute Gasteiger partial charge is 0.444 e. The van der Waals surface area contributed by atoms with Crippen molar-refractivity contribution in [2.75, 3.05) is 0 Å². The van der Waals surface area contributed by atoms with E-state index in [9.17, 15) is 9.59 Å². The number of carbonyl (C=O) groups excluding carboxylic acids is 2.